The second-order valence-corrected chi connectivity index (χ2v) is 3.51. The molecule has 0 fully saturated rings. The molecule has 0 aliphatic carbocycles. The lowest BCUT2D eigenvalue weighted by Gasteiger charge is -2.02. The molecule has 0 aliphatic heterocycles. The van der Waals surface area contributed by atoms with E-state index in [0.717, 1.165) is 19.4 Å². The highest BCUT2D eigenvalue weighted by atomic mass is 16.5. The van der Waals surface area contributed by atoms with E-state index in [1.807, 2.05) is 0 Å². The third-order valence-corrected chi connectivity index (χ3v) is 2.09. The van der Waals surface area contributed by atoms with Gasteiger partial charge in [-0.25, -0.2) is 4.79 Å². The molecule has 0 heterocycles. The Bertz CT molecular complexity index is 262. The van der Waals surface area contributed by atoms with Crippen LogP contribution in [-0.4, -0.2) is 32.1 Å². The lowest BCUT2D eigenvalue weighted by molar-refractivity contribution is -0.136. The highest BCUT2D eigenvalue weighted by molar-refractivity contribution is 5.87. The second kappa shape index (κ2) is 8.91. The minimum atomic E-state index is -0.310. The third kappa shape index (κ3) is 7.99. The van der Waals surface area contributed by atoms with Crippen molar-refractivity contribution in [2.75, 3.05) is 20.2 Å². The fraction of sp³-hybridized carbons (Fsp3) is 0.636. The van der Waals surface area contributed by atoms with E-state index < -0.39 is 0 Å². The summed E-state index contributed by atoms with van der Waals surface area (Å²) in [7, 11) is 1.36. The van der Waals surface area contributed by atoms with Gasteiger partial charge < -0.3 is 15.8 Å². The molecule has 92 valence electrons. The van der Waals surface area contributed by atoms with Gasteiger partial charge in [-0.2, -0.15) is 0 Å². The van der Waals surface area contributed by atoms with Crippen LogP contribution in [0.15, 0.2) is 11.6 Å². The lowest BCUT2D eigenvalue weighted by Crippen LogP contribution is -2.17. The van der Waals surface area contributed by atoms with Gasteiger partial charge in [-0.3, -0.25) is 4.79 Å². The van der Waals surface area contributed by atoms with Crippen LogP contribution in [0.1, 0.15) is 26.2 Å². The zero-order valence-corrected chi connectivity index (χ0v) is 9.91. The molecule has 0 aromatic heterocycles. The molecule has 1 amide bonds. The Kier molecular flexibility index (Phi) is 8.15. The molecule has 5 heteroatoms. The Morgan fingerprint density at radius 2 is 2.06 bits per heavy atom. The predicted molar refractivity (Wildman–Crippen MR) is 61.7 cm³/mol. The molecular weight excluding hydrogens is 208 g/mol. The van der Waals surface area contributed by atoms with Crippen molar-refractivity contribution >= 4 is 11.9 Å². The summed E-state index contributed by atoms with van der Waals surface area (Å²) >= 11 is 0. The number of rotatable bonds is 8. The van der Waals surface area contributed by atoms with Gasteiger partial charge in [-0.1, -0.05) is 6.08 Å². The molecule has 16 heavy (non-hydrogen) atoms. The standard InChI is InChI=1S/C11H20N2O3/c1-9(11(15)16-2)6-8-13-7-4-3-5-10(12)14/h6,13H,3-5,7-8H2,1-2H3,(H2,12,14). The fourth-order valence-electron chi connectivity index (χ4n) is 1.12. The number of carbonyl (C=O) groups excluding carboxylic acids is 2. The van der Waals surface area contributed by atoms with E-state index in [1.54, 1.807) is 13.0 Å². The quantitative estimate of drug-likeness (QED) is 0.357. The normalized spacial score (nSPS) is 11.2. The maximum Gasteiger partial charge on any atom is 0.333 e. The summed E-state index contributed by atoms with van der Waals surface area (Å²) in [6, 6.07) is 0. The van der Waals surface area contributed by atoms with E-state index in [9.17, 15) is 9.59 Å². The first-order chi connectivity index (χ1) is 7.57. The molecule has 0 bridgehead atoms. The first-order valence-electron chi connectivity index (χ1n) is 5.32. The van der Waals surface area contributed by atoms with Crippen molar-refractivity contribution in [2.45, 2.75) is 26.2 Å². The van der Waals surface area contributed by atoms with Gasteiger partial charge in [0.2, 0.25) is 5.91 Å². The molecule has 0 radical (unpaired) electrons. The fourth-order valence-corrected chi connectivity index (χ4v) is 1.12. The average Bonchev–Trinajstić information content (AvgIpc) is 2.25. The van der Waals surface area contributed by atoms with Crippen LogP contribution in [0.3, 0.4) is 0 Å². The molecule has 0 aromatic rings. The van der Waals surface area contributed by atoms with Crippen molar-refractivity contribution < 1.29 is 14.3 Å². The molecule has 0 atom stereocenters. The van der Waals surface area contributed by atoms with Gasteiger partial charge in [0, 0.05) is 18.5 Å². The number of nitrogens with one attached hydrogen (secondary N) is 1. The topological polar surface area (TPSA) is 81.4 Å². The molecule has 0 saturated carbocycles. The molecule has 3 N–H and O–H groups in total. The highest BCUT2D eigenvalue weighted by Gasteiger charge is 2.00. The number of hydrogen-bond acceptors (Lipinski definition) is 4. The minimum absolute atomic E-state index is 0.263. The van der Waals surface area contributed by atoms with Gasteiger partial charge in [0.25, 0.3) is 0 Å². The number of esters is 1. The van der Waals surface area contributed by atoms with Crippen LogP contribution in [0.5, 0.6) is 0 Å². The lowest BCUT2D eigenvalue weighted by atomic mass is 10.2. The SMILES string of the molecule is COC(=O)C(C)=CCNCCCCC(N)=O. The molecular formula is C11H20N2O3. The maximum atomic E-state index is 11.0. The van der Waals surface area contributed by atoms with Crippen molar-refractivity contribution in [2.24, 2.45) is 5.73 Å². The smallest absolute Gasteiger partial charge is 0.333 e. The van der Waals surface area contributed by atoms with Crippen molar-refractivity contribution in [3.05, 3.63) is 11.6 Å². The second-order valence-electron chi connectivity index (χ2n) is 3.51. The third-order valence-electron chi connectivity index (χ3n) is 2.09. The molecule has 0 spiro atoms. The van der Waals surface area contributed by atoms with Crippen LogP contribution in [-0.2, 0) is 14.3 Å². The van der Waals surface area contributed by atoms with Crippen LogP contribution in [0, 0.1) is 0 Å². The predicted octanol–water partition coefficient (Wildman–Crippen LogP) is 0.351. The average molecular weight is 228 g/mol. The van der Waals surface area contributed by atoms with Crippen molar-refractivity contribution in [3.8, 4) is 0 Å². The Morgan fingerprint density at radius 1 is 1.38 bits per heavy atom. The summed E-state index contributed by atoms with van der Waals surface area (Å²) in [5.74, 6) is -0.572. The molecule has 0 saturated heterocycles. The van der Waals surface area contributed by atoms with Gasteiger partial charge in [0.15, 0.2) is 0 Å². The Hall–Kier alpha value is -1.36. The molecule has 0 aromatic carbocycles. The first-order valence-corrected chi connectivity index (χ1v) is 5.32. The highest BCUT2D eigenvalue weighted by Crippen LogP contribution is 1.95. The van der Waals surface area contributed by atoms with Crippen molar-refractivity contribution in [1.29, 1.82) is 0 Å². The number of primary amides is 1. The number of amides is 1. The van der Waals surface area contributed by atoms with Gasteiger partial charge in [0.1, 0.15) is 0 Å². The molecule has 0 aliphatic rings. The van der Waals surface area contributed by atoms with Crippen molar-refractivity contribution in [3.63, 3.8) is 0 Å². The summed E-state index contributed by atoms with van der Waals surface area (Å²) in [4.78, 5) is 21.4. The van der Waals surface area contributed by atoms with Gasteiger partial charge >= 0.3 is 5.97 Å². The molecule has 5 nitrogen and oxygen atoms in total. The van der Waals surface area contributed by atoms with E-state index in [1.165, 1.54) is 7.11 Å². The Balaban J connectivity index is 3.46. The van der Waals surface area contributed by atoms with Crippen LogP contribution in [0.4, 0.5) is 0 Å². The maximum absolute atomic E-state index is 11.0. The van der Waals surface area contributed by atoms with Gasteiger partial charge in [-0.05, 0) is 26.3 Å². The zero-order chi connectivity index (χ0) is 12.4. The van der Waals surface area contributed by atoms with Gasteiger partial charge in [-0.15, -0.1) is 0 Å². The monoisotopic (exact) mass is 228 g/mol. The van der Waals surface area contributed by atoms with Crippen molar-refractivity contribution in [1.82, 2.24) is 5.32 Å². The number of ether oxygens (including phenoxy) is 1. The van der Waals surface area contributed by atoms with E-state index in [4.69, 9.17) is 5.73 Å². The summed E-state index contributed by atoms with van der Waals surface area (Å²) < 4.78 is 4.55. The van der Waals surface area contributed by atoms with Crippen LogP contribution in [0.2, 0.25) is 0 Å². The number of methoxy groups -OCH3 is 1. The number of hydrogen-bond donors (Lipinski definition) is 2. The number of carbonyl (C=O) groups is 2. The van der Waals surface area contributed by atoms with Gasteiger partial charge in [0.05, 0.1) is 7.11 Å². The van der Waals surface area contributed by atoms with E-state index in [2.05, 4.69) is 10.1 Å². The van der Waals surface area contributed by atoms with Crippen LogP contribution in [0.25, 0.3) is 0 Å². The van der Waals surface area contributed by atoms with E-state index in [0.29, 0.717) is 18.5 Å². The van der Waals surface area contributed by atoms with E-state index in [-0.39, 0.29) is 11.9 Å². The summed E-state index contributed by atoms with van der Waals surface area (Å²) in [6.45, 7) is 3.14. The molecule has 0 rings (SSSR count). The van der Waals surface area contributed by atoms with Crippen LogP contribution >= 0.6 is 0 Å². The van der Waals surface area contributed by atoms with E-state index >= 15 is 0 Å². The number of nitrogens with two attached hydrogens (primary N) is 1. The Labute approximate surface area is 96.0 Å². The number of unbranched alkanes of at least 4 members (excludes halogenated alkanes) is 1. The minimum Gasteiger partial charge on any atom is -0.466 e. The largest absolute Gasteiger partial charge is 0.466 e. The van der Waals surface area contributed by atoms with Crippen LogP contribution < -0.4 is 11.1 Å². The molecule has 0 unspecified atom stereocenters. The summed E-state index contributed by atoms with van der Waals surface area (Å²) in [5, 5.41) is 3.13. The zero-order valence-electron chi connectivity index (χ0n) is 9.91. The summed E-state index contributed by atoms with van der Waals surface area (Å²) in [5.41, 5.74) is 5.59. The first kappa shape index (κ1) is 14.6. The summed E-state index contributed by atoms with van der Waals surface area (Å²) in [6.07, 6.45) is 3.90. The Morgan fingerprint density at radius 3 is 2.62 bits per heavy atom.